The Kier molecular flexibility index (Phi) is 7.05. The minimum atomic E-state index is 0.555. The molecule has 0 fully saturated rings. The van der Waals surface area contributed by atoms with Crippen LogP contribution >= 0.6 is 11.8 Å². The number of thioether (sulfide) groups is 1. The third-order valence-corrected chi connectivity index (χ3v) is 3.65. The Balaban J connectivity index is 2.47. The van der Waals surface area contributed by atoms with Crippen LogP contribution in [0.1, 0.15) is 26.0 Å². The van der Waals surface area contributed by atoms with E-state index < -0.39 is 0 Å². The van der Waals surface area contributed by atoms with Crippen molar-refractivity contribution in [2.45, 2.75) is 32.9 Å². The first-order valence-corrected chi connectivity index (χ1v) is 7.80. The Morgan fingerprint density at radius 2 is 2.17 bits per heavy atom. The fourth-order valence-electron chi connectivity index (χ4n) is 1.56. The molecule has 5 heteroatoms. The van der Waals surface area contributed by atoms with E-state index in [-0.39, 0.29) is 0 Å². The summed E-state index contributed by atoms with van der Waals surface area (Å²) in [7, 11) is 2.13. The Morgan fingerprint density at radius 3 is 2.72 bits per heavy atom. The maximum atomic E-state index is 4.44. The molecule has 0 spiro atoms. The van der Waals surface area contributed by atoms with Gasteiger partial charge in [-0.15, -0.1) is 0 Å². The van der Waals surface area contributed by atoms with E-state index in [2.05, 4.69) is 47.3 Å². The summed E-state index contributed by atoms with van der Waals surface area (Å²) in [6.45, 7) is 6.17. The predicted octanol–water partition coefficient (Wildman–Crippen LogP) is 2.48. The summed E-state index contributed by atoms with van der Waals surface area (Å²) in [4.78, 5) is 11.1. The Labute approximate surface area is 115 Å². The van der Waals surface area contributed by atoms with E-state index in [1.54, 1.807) is 0 Å². The normalized spacial score (nSPS) is 12.7. The lowest BCUT2D eigenvalue weighted by Crippen LogP contribution is -2.30. The van der Waals surface area contributed by atoms with E-state index in [0.717, 1.165) is 36.8 Å². The lowest BCUT2D eigenvalue weighted by molar-refractivity contribution is 0.266. The monoisotopic (exact) mass is 268 g/mol. The van der Waals surface area contributed by atoms with Gasteiger partial charge >= 0.3 is 0 Å². The van der Waals surface area contributed by atoms with Crippen molar-refractivity contribution in [2.75, 3.05) is 30.9 Å². The number of nitrogens with one attached hydrogen (secondary N) is 1. The molecule has 0 radical (unpaired) electrons. The third-order valence-electron chi connectivity index (χ3n) is 2.83. The van der Waals surface area contributed by atoms with Gasteiger partial charge in [0.05, 0.1) is 18.1 Å². The van der Waals surface area contributed by atoms with E-state index in [9.17, 15) is 0 Å². The van der Waals surface area contributed by atoms with Crippen molar-refractivity contribution in [3.63, 3.8) is 0 Å². The highest BCUT2D eigenvalue weighted by Gasteiger charge is 2.09. The van der Waals surface area contributed by atoms with Crippen molar-refractivity contribution in [1.29, 1.82) is 0 Å². The molecule has 1 heterocycles. The molecule has 102 valence electrons. The molecular weight excluding hydrogens is 244 g/mol. The van der Waals surface area contributed by atoms with Crippen LogP contribution < -0.4 is 5.32 Å². The molecule has 0 saturated carbocycles. The van der Waals surface area contributed by atoms with Gasteiger partial charge in [0.2, 0.25) is 0 Å². The molecule has 1 N–H and O–H groups in total. The summed E-state index contributed by atoms with van der Waals surface area (Å²) in [5.74, 6) is 2.00. The first-order valence-electron chi connectivity index (χ1n) is 6.41. The molecule has 0 amide bonds. The fourth-order valence-corrected chi connectivity index (χ4v) is 2.30. The zero-order valence-corrected chi connectivity index (χ0v) is 12.6. The minimum Gasteiger partial charge on any atom is -0.369 e. The van der Waals surface area contributed by atoms with Crippen LogP contribution in [0.4, 0.5) is 5.82 Å². The molecular formula is C13H24N4S. The van der Waals surface area contributed by atoms with Crippen molar-refractivity contribution in [2.24, 2.45) is 0 Å². The summed E-state index contributed by atoms with van der Waals surface area (Å²) < 4.78 is 0. The van der Waals surface area contributed by atoms with Crippen LogP contribution in [0.15, 0.2) is 12.4 Å². The van der Waals surface area contributed by atoms with Gasteiger partial charge in [-0.25, -0.2) is 4.98 Å². The van der Waals surface area contributed by atoms with E-state index in [4.69, 9.17) is 0 Å². The van der Waals surface area contributed by atoms with Crippen LogP contribution in [0.2, 0.25) is 0 Å². The lowest BCUT2D eigenvalue weighted by atomic mass is 10.3. The molecule has 0 bridgehead atoms. The second-order valence-electron chi connectivity index (χ2n) is 4.54. The van der Waals surface area contributed by atoms with Gasteiger partial charge in [0, 0.05) is 24.9 Å². The zero-order chi connectivity index (χ0) is 13.4. The van der Waals surface area contributed by atoms with E-state index in [0.29, 0.717) is 6.04 Å². The van der Waals surface area contributed by atoms with Crippen LogP contribution in [-0.2, 0) is 6.54 Å². The molecule has 1 atom stereocenters. The highest BCUT2D eigenvalue weighted by molar-refractivity contribution is 7.98. The van der Waals surface area contributed by atoms with Crippen LogP contribution in [0, 0.1) is 0 Å². The molecule has 18 heavy (non-hydrogen) atoms. The van der Waals surface area contributed by atoms with Gasteiger partial charge in [-0.2, -0.15) is 11.8 Å². The van der Waals surface area contributed by atoms with Gasteiger partial charge in [0.15, 0.2) is 0 Å². The van der Waals surface area contributed by atoms with Crippen LogP contribution in [0.3, 0.4) is 0 Å². The van der Waals surface area contributed by atoms with E-state index >= 15 is 0 Å². The van der Waals surface area contributed by atoms with Gasteiger partial charge in [-0.3, -0.25) is 9.88 Å². The predicted molar refractivity (Wildman–Crippen MR) is 80.1 cm³/mol. The average molecular weight is 268 g/mol. The fraction of sp³-hybridized carbons (Fsp3) is 0.692. The Hall–Kier alpha value is -0.810. The molecule has 0 aromatic carbocycles. The molecule has 1 aromatic rings. The second kappa shape index (κ2) is 8.32. The first kappa shape index (κ1) is 15.2. The lowest BCUT2D eigenvalue weighted by Gasteiger charge is -2.23. The van der Waals surface area contributed by atoms with Gasteiger partial charge < -0.3 is 5.32 Å². The van der Waals surface area contributed by atoms with Gasteiger partial charge in [0.1, 0.15) is 5.82 Å². The minimum absolute atomic E-state index is 0.555. The van der Waals surface area contributed by atoms with Crippen molar-refractivity contribution in [3.8, 4) is 0 Å². The largest absolute Gasteiger partial charge is 0.369 e. The highest BCUT2D eigenvalue weighted by atomic mass is 32.2. The third kappa shape index (κ3) is 5.23. The smallest absolute Gasteiger partial charge is 0.144 e. The molecule has 1 rings (SSSR count). The number of hydrogen-bond acceptors (Lipinski definition) is 5. The van der Waals surface area contributed by atoms with E-state index in [1.807, 2.05) is 24.2 Å². The molecule has 1 aromatic heterocycles. The second-order valence-corrected chi connectivity index (χ2v) is 5.45. The van der Waals surface area contributed by atoms with Gasteiger partial charge in [-0.1, -0.05) is 6.92 Å². The summed E-state index contributed by atoms with van der Waals surface area (Å²) in [5.41, 5.74) is 1.02. The molecule has 0 saturated heterocycles. The maximum Gasteiger partial charge on any atom is 0.144 e. The standard InChI is InChI=1S/C13H24N4S/c1-5-6-14-13-8-15-12(7-16-13)9-17(3)11(2)10-18-4/h7-8,11H,5-6,9-10H2,1-4H3,(H,14,16). The van der Waals surface area contributed by atoms with Crippen molar-refractivity contribution in [1.82, 2.24) is 14.9 Å². The van der Waals surface area contributed by atoms with Crippen molar-refractivity contribution in [3.05, 3.63) is 18.1 Å². The van der Waals surface area contributed by atoms with E-state index in [1.165, 1.54) is 0 Å². The molecule has 0 aliphatic carbocycles. The van der Waals surface area contributed by atoms with Gasteiger partial charge in [0.25, 0.3) is 0 Å². The van der Waals surface area contributed by atoms with Crippen LogP contribution in [0.5, 0.6) is 0 Å². The Bertz CT molecular complexity index is 328. The molecule has 1 unspecified atom stereocenters. The van der Waals surface area contributed by atoms with Crippen LogP contribution in [0.25, 0.3) is 0 Å². The SMILES string of the molecule is CCCNc1cnc(CN(C)C(C)CSC)cn1. The molecule has 4 nitrogen and oxygen atoms in total. The number of nitrogens with zero attached hydrogens (tertiary/aromatic N) is 3. The van der Waals surface area contributed by atoms with Gasteiger partial charge in [-0.05, 0) is 26.6 Å². The summed E-state index contributed by atoms with van der Waals surface area (Å²) in [6, 6.07) is 0.555. The number of anilines is 1. The van der Waals surface area contributed by atoms with Crippen molar-refractivity contribution < 1.29 is 0 Å². The maximum absolute atomic E-state index is 4.44. The summed E-state index contributed by atoms with van der Waals surface area (Å²) in [6.07, 6.45) is 6.91. The summed E-state index contributed by atoms with van der Waals surface area (Å²) in [5, 5.41) is 3.23. The van der Waals surface area contributed by atoms with Crippen LogP contribution in [-0.4, -0.2) is 46.5 Å². The molecule has 0 aliphatic heterocycles. The number of aromatic nitrogens is 2. The highest BCUT2D eigenvalue weighted by Crippen LogP contribution is 2.08. The Morgan fingerprint density at radius 1 is 1.39 bits per heavy atom. The topological polar surface area (TPSA) is 41.1 Å². The number of hydrogen-bond donors (Lipinski definition) is 1. The quantitative estimate of drug-likeness (QED) is 0.784. The molecule has 0 aliphatic rings. The van der Waals surface area contributed by atoms with Crippen molar-refractivity contribution >= 4 is 17.6 Å². The average Bonchev–Trinajstić information content (AvgIpc) is 2.38. The first-order chi connectivity index (χ1) is 8.67. The zero-order valence-electron chi connectivity index (χ0n) is 11.8. The summed E-state index contributed by atoms with van der Waals surface area (Å²) >= 11 is 1.87. The number of rotatable bonds is 8.